The van der Waals surface area contributed by atoms with Crippen LogP contribution >= 0.6 is 15.9 Å². The summed E-state index contributed by atoms with van der Waals surface area (Å²) in [4.78, 5) is 14.1. The molecule has 0 unspecified atom stereocenters. The van der Waals surface area contributed by atoms with Crippen molar-refractivity contribution < 1.29 is 22.8 Å². The minimum absolute atomic E-state index is 0.0170. The lowest BCUT2D eigenvalue weighted by Gasteiger charge is -2.14. The van der Waals surface area contributed by atoms with Gasteiger partial charge >= 0.3 is 11.9 Å². The Kier molecular flexibility index (Phi) is 4.04. The summed E-state index contributed by atoms with van der Waals surface area (Å²) in [5.74, 6) is -0.286. The summed E-state index contributed by atoms with van der Waals surface area (Å²) in [5, 5.41) is 10.8. The fraction of sp³-hybridized carbons (Fsp3) is 0.250. The Morgan fingerprint density at radius 1 is 1.48 bits per heavy atom. The van der Waals surface area contributed by atoms with Crippen molar-refractivity contribution in [2.24, 2.45) is 0 Å². The van der Waals surface area contributed by atoms with Crippen molar-refractivity contribution in [3.05, 3.63) is 39.6 Å². The van der Waals surface area contributed by atoms with Crippen molar-refractivity contribution in [2.75, 3.05) is 7.11 Å². The summed E-state index contributed by atoms with van der Waals surface area (Å²) in [7, 11) is 1.15. The third-order valence-corrected chi connectivity index (χ3v) is 3.49. The molecule has 1 aromatic carbocycles. The predicted molar refractivity (Wildman–Crippen MR) is 72.6 cm³/mol. The molecule has 0 bridgehead atoms. The third-order valence-electron chi connectivity index (χ3n) is 2.88. The molecule has 0 radical (unpaired) electrons. The first-order chi connectivity index (χ1) is 9.81. The first-order valence-electron chi connectivity index (χ1n) is 5.57. The molecule has 0 amide bonds. The monoisotopic (exact) mass is 364 g/mol. The van der Waals surface area contributed by atoms with Gasteiger partial charge in [0.25, 0.3) is 0 Å². The predicted octanol–water partition coefficient (Wildman–Crippen LogP) is 4.07. The van der Waals surface area contributed by atoms with E-state index in [0.29, 0.717) is 0 Å². The van der Waals surface area contributed by atoms with Gasteiger partial charge in [0.1, 0.15) is 5.52 Å². The van der Waals surface area contributed by atoms with Gasteiger partial charge in [-0.25, -0.2) is 0 Å². The van der Waals surface area contributed by atoms with Crippen molar-refractivity contribution >= 4 is 32.5 Å². The van der Waals surface area contributed by atoms with Gasteiger partial charge in [0.2, 0.25) is 5.75 Å². The number of ether oxygens (including phenoxy) is 1. The van der Waals surface area contributed by atoms with E-state index in [0.717, 1.165) is 25.4 Å². The third kappa shape index (κ3) is 2.65. The molecule has 1 heterocycles. The highest BCUT2D eigenvalue weighted by Gasteiger charge is 2.35. The number of pyridine rings is 1. The van der Waals surface area contributed by atoms with Gasteiger partial charge in [0.15, 0.2) is 0 Å². The standard InChI is InChI=1S/C12H8BrF3N2O3/c1-21-11-8(18(19)20)4-6(5-13)9-7(12(14,15)16)2-3-17-10(9)11/h2-4H,5H2,1H3. The van der Waals surface area contributed by atoms with E-state index in [1.165, 1.54) is 0 Å². The van der Waals surface area contributed by atoms with Gasteiger partial charge in [-0.3, -0.25) is 15.1 Å². The molecular formula is C12H8BrF3N2O3. The van der Waals surface area contributed by atoms with E-state index in [1.807, 2.05) is 0 Å². The average molecular weight is 365 g/mol. The number of hydrogen-bond donors (Lipinski definition) is 0. The SMILES string of the molecule is COc1c([N+](=O)[O-])cc(CBr)c2c(C(F)(F)F)ccnc12. The maximum Gasteiger partial charge on any atom is 0.417 e. The molecule has 0 N–H and O–H groups in total. The zero-order valence-corrected chi connectivity index (χ0v) is 12.2. The van der Waals surface area contributed by atoms with Gasteiger partial charge in [0.05, 0.1) is 17.6 Å². The number of benzene rings is 1. The lowest BCUT2D eigenvalue weighted by Crippen LogP contribution is -2.08. The van der Waals surface area contributed by atoms with Crippen molar-refractivity contribution in [2.45, 2.75) is 11.5 Å². The van der Waals surface area contributed by atoms with Crippen LogP contribution in [0.15, 0.2) is 18.3 Å². The zero-order chi connectivity index (χ0) is 15.8. The van der Waals surface area contributed by atoms with Crippen LogP contribution in [0.3, 0.4) is 0 Å². The van der Waals surface area contributed by atoms with Crippen LogP contribution < -0.4 is 4.74 Å². The fourth-order valence-electron chi connectivity index (χ4n) is 2.06. The molecule has 0 aliphatic heterocycles. The van der Waals surface area contributed by atoms with E-state index in [2.05, 4.69) is 20.9 Å². The maximum absolute atomic E-state index is 13.1. The molecule has 9 heteroatoms. The molecule has 112 valence electrons. The summed E-state index contributed by atoms with van der Waals surface area (Å²) < 4.78 is 44.2. The summed E-state index contributed by atoms with van der Waals surface area (Å²) >= 11 is 3.05. The van der Waals surface area contributed by atoms with Crippen molar-refractivity contribution in [3.8, 4) is 5.75 Å². The summed E-state index contributed by atoms with van der Waals surface area (Å²) in [6.45, 7) is 0. The second-order valence-corrected chi connectivity index (χ2v) is 4.62. The molecular weight excluding hydrogens is 357 g/mol. The molecule has 0 saturated heterocycles. The van der Waals surface area contributed by atoms with Crippen LogP contribution in [0.5, 0.6) is 5.75 Å². The normalized spacial score (nSPS) is 11.7. The Labute approximate surface area is 125 Å². The molecule has 0 aliphatic carbocycles. The highest BCUT2D eigenvalue weighted by atomic mass is 79.9. The summed E-state index contributed by atoms with van der Waals surface area (Å²) in [6, 6.07) is 1.90. The Morgan fingerprint density at radius 3 is 2.62 bits per heavy atom. The topological polar surface area (TPSA) is 65.3 Å². The number of halogens is 4. The number of methoxy groups -OCH3 is 1. The molecule has 0 spiro atoms. The second kappa shape index (κ2) is 5.47. The maximum atomic E-state index is 13.1. The van der Waals surface area contributed by atoms with E-state index in [9.17, 15) is 23.3 Å². The smallest absolute Gasteiger partial charge is 0.417 e. The molecule has 1 aromatic heterocycles. The summed E-state index contributed by atoms with van der Waals surface area (Å²) in [6.07, 6.45) is -3.64. The number of nitro groups is 1. The van der Waals surface area contributed by atoms with E-state index >= 15 is 0 Å². The van der Waals surface area contributed by atoms with E-state index in [4.69, 9.17) is 4.74 Å². The number of rotatable bonds is 3. The molecule has 2 aromatic rings. The van der Waals surface area contributed by atoms with Gasteiger partial charge in [-0.15, -0.1) is 0 Å². The lowest BCUT2D eigenvalue weighted by atomic mass is 10.0. The first-order valence-corrected chi connectivity index (χ1v) is 6.69. The van der Waals surface area contributed by atoms with Crippen molar-refractivity contribution in [3.63, 3.8) is 0 Å². The number of nitrogens with zero attached hydrogens (tertiary/aromatic N) is 2. The van der Waals surface area contributed by atoms with Gasteiger partial charge in [0, 0.05) is 23.0 Å². The molecule has 21 heavy (non-hydrogen) atoms. The van der Waals surface area contributed by atoms with Crippen LogP contribution in [0.25, 0.3) is 10.9 Å². The van der Waals surface area contributed by atoms with Gasteiger partial charge < -0.3 is 4.74 Å². The molecule has 0 aliphatic rings. The van der Waals surface area contributed by atoms with Crippen LogP contribution in [0.4, 0.5) is 18.9 Å². The first kappa shape index (κ1) is 15.5. The van der Waals surface area contributed by atoms with Crippen LogP contribution in [0, 0.1) is 10.1 Å². The molecule has 2 rings (SSSR count). The quantitative estimate of drug-likeness (QED) is 0.467. The minimum atomic E-state index is -4.60. The van der Waals surface area contributed by atoms with E-state index < -0.39 is 22.4 Å². The fourth-order valence-corrected chi connectivity index (χ4v) is 2.50. The Balaban J connectivity index is 3.00. The number of nitro benzene ring substituents is 1. The number of hydrogen-bond acceptors (Lipinski definition) is 4. The Morgan fingerprint density at radius 2 is 2.14 bits per heavy atom. The molecule has 5 nitrogen and oxygen atoms in total. The Bertz CT molecular complexity index is 719. The van der Waals surface area contributed by atoms with Crippen LogP contribution in [-0.4, -0.2) is 17.0 Å². The highest BCUT2D eigenvalue weighted by molar-refractivity contribution is 9.08. The molecule has 0 fully saturated rings. The summed E-state index contributed by atoms with van der Waals surface area (Å²) in [5.41, 5.74) is -1.39. The highest BCUT2D eigenvalue weighted by Crippen LogP contribution is 2.42. The van der Waals surface area contributed by atoms with Crippen molar-refractivity contribution in [1.29, 1.82) is 0 Å². The average Bonchev–Trinajstić information content (AvgIpc) is 2.43. The largest absolute Gasteiger partial charge is 0.489 e. The van der Waals surface area contributed by atoms with E-state index in [1.54, 1.807) is 0 Å². The van der Waals surface area contributed by atoms with Crippen LogP contribution in [-0.2, 0) is 11.5 Å². The van der Waals surface area contributed by atoms with Crippen LogP contribution in [0.1, 0.15) is 11.1 Å². The van der Waals surface area contributed by atoms with Gasteiger partial charge in [-0.1, -0.05) is 15.9 Å². The number of aromatic nitrogens is 1. The Hall–Kier alpha value is -1.90. The zero-order valence-electron chi connectivity index (χ0n) is 10.6. The van der Waals surface area contributed by atoms with Crippen molar-refractivity contribution in [1.82, 2.24) is 4.98 Å². The number of alkyl halides is 4. The minimum Gasteiger partial charge on any atom is -0.489 e. The van der Waals surface area contributed by atoms with E-state index in [-0.39, 0.29) is 27.5 Å². The van der Waals surface area contributed by atoms with Gasteiger partial charge in [-0.05, 0) is 11.6 Å². The lowest BCUT2D eigenvalue weighted by molar-refractivity contribution is -0.385. The van der Waals surface area contributed by atoms with Crippen LogP contribution in [0.2, 0.25) is 0 Å². The van der Waals surface area contributed by atoms with Gasteiger partial charge in [-0.2, -0.15) is 13.2 Å². The molecule has 0 saturated carbocycles. The second-order valence-electron chi connectivity index (χ2n) is 4.06. The molecule has 0 atom stereocenters. The number of fused-ring (bicyclic) bond motifs is 1.